The number of aliphatic hydroxyl groups excluding tert-OH is 4. The zero-order chi connectivity index (χ0) is 42.5. The van der Waals surface area contributed by atoms with E-state index in [9.17, 15) is 50.4 Å². The number of hydrogen-bond donors (Lipinski definition) is 9. The molecule has 9 unspecified atom stereocenters. The highest BCUT2D eigenvalue weighted by Gasteiger charge is 2.57. The molecule has 16 heteroatoms. The largest absolute Gasteiger partial charge is 0.508 e. The maximum absolute atomic E-state index is 14.6. The Morgan fingerprint density at radius 1 is 1.02 bits per heavy atom. The van der Waals surface area contributed by atoms with Gasteiger partial charge >= 0.3 is 11.9 Å². The molecule has 60 heavy (non-hydrogen) atoms. The van der Waals surface area contributed by atoms with Crippen molar-refractivity contribution in [3.8, 4) is 17.2 Å². The number of phenolic OH excluding ortho intramolecular Hbond substituents is 2. The minimum atomic E-state index is -3.10. The molecular formula is C44H50N4O12. The van der Waals surface area contributed by atoms with Gasteiger partial charge < -0.3 is 55.6 Å². The summed E-state index contributed by atoms with van der Waals surface area (Å²) in [5, 5.41) is 89.4. The van der Waals surface area contributed by atoms with Crippen molar-refractivity contribution in [2.75, 3.05) is 30.0 Å². The molecule has 0 spiro atoms. The first-order valence-electron chi connectivity index (χ1n) is 20.4. The van der Waals surface area contributed by atoms with Crippen molar-refractivity contribution in [3.05, 3.63) is 82.9 Å². The van der Waals surface area contributed by atoms with Crippen LogP contribution in [0.4, 0.5) is 11.4 Å². The number of rotatable bonds is 11. The van der Waals surface area contributed by atoms with Crippen LogP contribution in [0.5, 0.6) is 17.2 Å². The van der Waals surface area contributed by atoms with E-state index in [0.29, 0.717) is 49.2 Å². The van der Waals surface area contributed by atoms with E-state index in [-0.39, 0.29) is 17.4 Å². The van der Waals surface area contributed by atoms with Crippen molar-refractivity contribution in [1.29, 1.82) is 0 Å². The first-order valence-corrected chi connectivity index (χ1v) is 20.4. The Balaban J connectivity index is 1.20. The number of carbonyl (C=O) groups excluding carboxylic acids is 1. The average Bonchev–Trinajstić information content (AvgIpc) is 3.83. The summed E-state index contributed by atoms with van der Waals surface area (Å²) >= 11 is 0. The number of carboxylic acid groups (broad SMARTS) is 1. The molecular weight excluding hydrogens is 776 g/mol. The van der Waals surface area contributed by atoms with Crippen LogP contribution in [0.1, 0.15) is 73.6 Å². The van der Waals surface area contributed by atoms with E-state index in [1.807, 2.05) is 25.1 Å². The number of anilines is 2. The number of amides is 1. The van der Waals surface area contributed by atoms with E-state index in [1.54, 1.807) is 12.1 Å². The zero-order valence-electron chi connectivity index (χ0n) is 33.0. The van der Waals surface area contributed by atoms with E-state index in [4.69, 9.17) is 9.47 Å². The van der Waals surface area contributed by atoms with Crippen LogP contribution in [0.3, 0.4) is 0 Å². The number of benzene rings is 3. The predicted octanol–water partition coefficient (Wildman–Crippen LogP) is 2.94. The molecule has 16 nitrogen and oxygen atoms in total. The Labute approximate surface area is 345 Å². The van der Waals surface area contributed by atoms with Crippen LogP contribution in [0.2, 0.25) is 0 Å². The summed E-state index contributed by atoms with van der Waals surface area (Å²) in [6, 6.07) is 13.8. The summed E-state index contributed by atoms with van der Waals surface area (Å²) < 4.78 is 10.9. The molecule has 9 N–H and O–H groups in total. The number of aliphatic hydroxyl groups is 5. The van der Waals surface area contributed by atoms with Crippen molar-refractivity contribution < 1.29 is 59.9 Å². The third-order valence-electron chi connectivity index (χ3n) is 13.0. The van der Waals surface area contributed by atoms with Gasteiger partial charge in [0.25, 0.3) is 5.91 Å². The maximum Gasteiger partial charge on any atom is 0.355 e. The standard InChI is InChI=1S/C44H50N4O12/c1-2-29-31(47-22-46-29)16-24-15-23(10-12-33(24)50)11-13-37(52)48-32-18-35(59-44(58)41(55)40(54)39(53)36(21-49)60-44)34(51)17-26(32)27(38(48)42(56)57)19-43-14-6-5-7-25(43)20-45-30-9-4-3-8-28(30)43/h3-4,8-13,15,17-18,25,27,36,38-41,45,49-51,53-55,58H,2,5-7,14,16,19-22H2,1H3,(H,56,57). The van der Waals surface area contributed by atoms with Crippen LogP contribution in [0.15, 0.2) is 70.7 Å². The van der Waals surface area contributed by atoms with Crippen molar-refractivity contribution in [2.24, 2.45) is 15.9 Å². The third-order valence-corrected chi connectivity index (χ3v) is 13.0. The molecule has 1 amide bonds. The fourth-order valence-electron chi connectivity index (χ4n) is 9.97. The lowest BCUT2D eigenvalue weighted by Gasteiger charge is -2.50. The number of carboxylic acids is 1. The summed E-state index contributed by atoms with van der Waals surface area (Å²) in [6.07, 6.45) is -0.0517. The lowest BCUT2D eigenvalue weighted by atomic mass is 9.56. The van der Waals surface area contributed by atoms with Gasteiger partial charge in [-0.1, -0.05) is 44.0 Å². The van der Waals surface area contributed by atoms with E-state index < -0.39 is 77.7 Å². The Bertz CT molecular complexity index is 2260. The Morgan fingerprint density at radius 2 is 1.80 bits per heavy atom. The molecule has 2 fully saturated rings. The molecule has 9 atom stereocenters. The van der Waals surface area contributed by atoms with Crippen LogP contribution < -0.4 is 15.0 Å². The van der Waals surface area contributed by atoms with Gasteiger partial charge in [-0.25, -0.2) is 4.79 Å². The number of ether oxygens (including phenoxy) is 2. The molecule has 0 bridgehead atoms. The van der Waals surface area contributed by atoms with Crippen LogP contribution in [-0.4, -0.2) is 120 Å². The Morgan fingerprint density at radius 3 is 2.57 bits per heavy atom. The van der Waals surface area contributed by atoms with Gasteiger partial charge in [-0.3, -0.25) is 19.7 Å². The second kappa shape index (κ2) is 16.2. The van der Waals surface area contributed by atoms with Gasteiger partial charge in [0.1, 0.15) is 36.8 Å². The number of para-hydroxylation sites is 1. The highest BCUT2D eigenvalue weighted by atomic mass is 16.8. The first-order chi connectivity index (χ1) is 28.8. The fourth-order valence-corrected chi connectivity index (χ4v) is 9.97. The summed E-state index contributed by atoms with van der Waals surface area (Å²) in [5.41, 5.74) is 4.66. The molecule has 4 aliphatic heterocycles. The van der Waals surface area contributed by atoms with Crippen LogP contribution in [0, 0.1) is 5.92 Å². The smallest absolute Gasteiger partial charge is 0.355 e. The molecule has 5 aliphatic rings. The number of phenols is 2. The number of nitrogens with zero attached hydrogens (tertiary/aromatic N) is 3. The van der Waals surface area contributed by atoms with Gasteiger partial charge in [-0.15, -0.1) is 0 Å². The van der Waals surface area contributed by atoms with Crippen molar-refractivity contribution in [2.45, 2.75) is 99.6 Å². The summed E-state index contributed by atoms with van der Waals surface area (Å²) in [6.45, 7) is 2.10. The van der Waals surface area contributed by atoms with Gasteiger partial charge in [-0.2, -0.15) is 0 Å². The van der Waals surface area contributed by atoms with Gasteiger partial charge in [0.15, 0.2) is 17.6 Å². The summed E-state index contributed by atoms with van der Waals surface area (Å²) in [4.78, 5) is 38.1. The molecule has 1 saturated carbocycles. The second-order valence-corrected chi connectivity index (χ2v) is 16.3. The number of carbonyl (C=O) groups is 2. The predicted molar refractivity (Wildman–Crippen MR) is 219 cm³/mol. The summed E-state index contributed by atoms with van der Waals surface area (Å²) in [5.74, 6) is -6.92. The zero-order valence-corrected chi connectivity index (χ0v) is 33.0. The van der Waals surface area contributed by atoms with E-state index in [0.717, 1.165) is 53.3 Å². The first kappa shape index (κ1) is 41.4. The van der Waals surface area contributed by atoms with Crippen LogP contribution in [0.25, 0.3) is 6.08 Å². The Hall–Kier alpha value is -5.36. The molecule has 318 valence electrons. The molecule has 3 aromatic carbocycles. The molecule has 0 radical (unpaired) electrons. The third kappa shape index (κ3) is 7.20. The molecule has 1 aliphatic carbocycles. The van der Waals surface area contributed by atoms with Gasteiger partial charge in [0.2, 0.25) is 0 Å². The monoisotopic (exact) mass is 826 g/mol. The number of aromatic hydroxyl groups is 2. The second-order valence-electron chi connectivity index (χ2n) is 16.3. The van der Waals surface area contributed by atoms with E-state index in [1.165, 1.54) is 30.4 Å². The van der Waals surface area contributed by atoms with Gasteiger partial charge in [0, 0.05) is 47.7 Å². The van der Waals surface area contributed by atoms with Crippen LogP contribution in [-0.2, 0) is 26.2 Å². The molecule has 8 rings (SSSR count). The van der Waals surface area contributed by atoms with Gasteiger partial charge in [-0.05, 0) is 78.6 Å². The topological polar surface area (TPSA) is 254 Å². The van der Waals surface area contributed by atoms with Gasteiger partial charge in [0.05, 0.1) is 23.7 Å². The lowest BCUT2D eigenvalue weighted by molar-refractivity contribution is -0.422. The van der Waals surface area contributed by atoms with Crippen molar-refractivity contribution in [1.82, 2.24) is 0 Å². The van der Waals surface area contributed by atoms with Crippen LogP contribution >= 0.6 is 0 Å². The van der Waals surface area contributed by atoms with E-state index >= 15 is 0 Å². The SMILES string of the molecule is CCC1=NCN=C1Cc1cc(C=CC(=O)N2c3cc(OC4(O)OC(CO)C(O)C(O)C4O)c(O)cc3C(CC34CCCCC3CNc3ccccc34)C2C(=O)O)ccc1O. The average molecular weight is 827 g/mol. The minimum absolute atomic E-state index is 0.0408. The Kier molecular flexibility index (Phi) is 11.2. The molecule has 4 heterocycles. The van der Waals surface area contributed by atoms with Crippen molar-refractivity contribution in [3.63, 3.8) is 0 Å². The minimum Gasteiger partial charge on any atom is -0.508 e. The lowest BCUT2D eigenvalue weighted by Crippen LogP contribution is -2.67. The molecule has 1 saturated heterocycles. The highest BCUT2D eigenvalue weighted by molar-refractivity contribution is 6.43. The summed E-state index contributed by atoms with van der Waals surface area (Å²) in [7, 11) is 0. The number of hydrogen-bond acceptors (Lipinski definition) is 14. The highest BCUT2D eigenvalue weighted by Crippen LogP contribution is 2.58. The quantitative estimate of drug-likeness (QED) is 0.0998. The number of aliphatic carboxylic acids is 1. The van der Waals surface area contributed by atoms with Crippen molar-refractivity contribution >= 4 is 40.8 Å². The maximum atomic E-state index is 14.6. The normalized spacial score (nSPS) is 30.8. The number of aliphatic imine (C=N–C) groups is 2. The fraction of sp³-hybridized carbons (Fsp3) is 0.455. The number of nitrogens with one attached hydrogen (secondary N) is 1. The van der Waals surface area contributed by atoms with E-state index in [2.05, 4.69) is 21.4 Å². The molecule has 3 aromatic rings. The molecule has 0 aromatic heterocycles. The number of fused-ring (bicyclic) bond motifs is 4.